The average molecular weight is 499 g/mol. The molecule has 2 unspecified atom stereocenters. The Labute approximate surface area is 205 Å². The van der Waals surface area contributed by atoms with Gasteiger partial charge in [0.2, 0.25) is 16.9 Å². The standard InChI is InChI=1S/C23H26N6O3S2/c1-14-19(21(32)29(28(14)3)17-11-5-4-6-12-17)25-20(31)15(2)33-23-27-26-22(34-23)24-18(30)13-16-9-7-8-10-16/h4-7,9,11-12,15-16H,8,10,13H2,1-3H3,(H,25,31)(H,24,26,30). The third-order valence-electron chi connectivity index (χ3n) is 5.66. The molecule has 3 aromatic rings. The second kappa shape index (κ2) is 10.4. The third-order valence-corrected chi connectivity index (χ3v) is 7.68. The fourth-order valence-corrected chi connectivity index (χ4v) is 5.64. The minimum absolute atomic E-state index is 0.0933. The first-order chi connectivity index (χ1) is 16.3. The molecule has 1 aliphatic carbocycles. The van der Waals surface area contributed by atoms with E-state index in [1.54, 1.807) is 25.6 Å². The lowest BCUT2D eigenvalue weighted by Crippen LogP contribution is -2.27. The molecule has 0 aliphatic heterocycles. The van der Waals surface area contributed by atoms with E-state index in [0.29, 0.717) is 27.3 Å². The van der Waals surface area contributed by atoms with E-state index in [4.69, 9.17) is 0 Å². The van der Waals surface area contributed by atoms with Gasteiger partial charge in [0, 0.05) is 13.5 Å². The molecule has 1 aromatic carbocycles. The molecular weight excluding hydrogens is 472 g/mol. The maximum absolute atomic E-state index is 13.0. The van der Waals surface area contributed by atoms with Crippen molar-refractivity contribution < 1.29 is 9.59 Å². The third kappa shape index (κ3) is 5.31. The number of carbonyl (C=O) groups is 2. The van der Waals surface area contributed by atoms with Gasteiger partial charge in [-0.25, -0.2) is 4.68 Å². The number of amides is 2. The van der Waals surface area contributed by atoms with Crippen LogP contribution in [-0.4, -0.2) is 36.6 Å². The minimum Gasteiger partial charge on any atom is -0.319 e. The van der Waals surface area contributed by atoms with Crippen molar-refractivity contribution in [2.45, 2.75) is 42.7 Å². The van der Waals surface area contributed by atoms with E-state index in [2.05, 4.69) is 33.0 Å². The number of rotatable bonds is 8. The number of para-hydroxylation sites is 1. The van der Waals surface area contributed by atoms with Crippen LogP contribution in [0, 0.1) is 12.8 Å². The molecule has 34 heavy (non-hydrogen) atoms. The number of hydrogen-bond donors (Lipinski definition) is 2. The molecule has 178 valence electrons. The number of aromatic nitrogens is 4. The summed E-state index contributed by atoms with van der Waals surface area (Å²) in [7, 11) is 1.78. The largest absolute Gasteiger partial charge is 0.319 e. The van der Waals surface area contributed by atoms with Crippen molar-refractivity contribution in [2.75, 3.05) is 10.6 Å². The molecule has 11 heteroatoms. The zero-order valence-corrected chi connectivity index (χ0v) is 20.8. The van der Waals surface area contributed by atoms with Crippen LogP contribution >= 0.6 is 23.1 Å². The van der Waals surface area contributed by atoms with E-state index < -0.39 is 5.25 Å². The number of thioether (sulfide) groups is 1. The maximum Gasteiger partial charge on any atom is 0.295 e. The van der Waals surface area contributed by atoms with Crippen molar-refractivity contribution >= 4 is 45.7 Å². The van der Waals surface area contributed by atoms with E-state index in [0.717, 1.165) is 12.8 Å². The lowest BCUT2D eigenvalue weighted by Gasteiger charge is -2.09. The fourth-order valence-electron chi connectivity index (χ4n) is 3.72. The van der Waals surface area contributed by atoms with Gasteiger partial charge in [-0.15, -0.1) is 10.2 Å². The highest BCUT2D eigenvalue weighted by Gasteiger charge is 2.23. The molecule has 0 spiro atoms. The van der Waals surface area contributed by atoms with Gasteiger partial charge in [0.25, 0.3) is 5.56 Å². The van der Waals surface area contributed by atoms with Crippen LogP contribution < -0.4 is 16.2 Å². The molecule has 0 radical (unpaired) electrons. The maximum atomic E-state index is 13.0. The highest BCUT2D eigenvalue weighted by atomic mass is 32.2. The van der Waals surface area contributed by atoms with Crippen molar-refractivity contribution in [3.8, 4) is 5.69 Å². The predicted molar refractivity (Wildman–Crippen MR) is 135 cm³/mol. The van der Waals surface area contributed by atoms with E-state index in [1.807, 2.05) is 30.3 Å². The molecule has 0 bridgehead atoms. The monoisotopic (exact) mass is 498 g/mol. The average Bonchev–Trinajstić information content (AvgIpc) is 3.53. The number of nitrogens with zero attached hydrogens (tertiary/aromatic N) is 4. The molecule has 0 saturated carbocycles. The minimum atomic E-state index is -0.524. The van der Waals surface area contributed by atoms with Gasteiger partial charge < -0.3 is 10.6 Å². The Hall–Kier alpha value is -3.18. The second-order valence-electron chi connectivity index (χ2n) is 8.08. The normalized spacial score (nSPS) is 15.9. The Bertz CT molecular complexity index is 1280. The van der Waals surface area contributed by atoms with Gasteiger partial charge in [0.05, 0.1) is 16.6 Å². The molecule has 1 aliphatic rings. The van der Waals surface area contributed by atoms with Crippen molar-refractivity contribution in [1.82, 2.24) is 19.6 Å². The predicted octanol–water partition coefficient (Wildman–Crippen LogP) is 3.75. The van der Waals surface area contributed by atoms with E-state index >= 15 is 0 Å². The molecule has 9 nitrogen and oxygen atoms in total. The molecule has 2 N–H and O–H groups in total. The Morgan fingerprint density at radius 2 is 2.00 bits per heavy atom. The van der Waals surface area contributed by atoms with E-state index in [1.165, 1.54) is 27.8 Å². The SMILES string of the molecule is Cc1c(NC(=O)C(C)Sc2nnc(NC(=O)CC3C=CCC3)s2)c(=O)n(-c2ccccc2)n1C. The van der Waals surface area contributed by atoms with Crippen molar-refractivity contribution in [1.29, 1.82) is 0 Å². The summed E-state index contributed by atoms with van der Waals surface area (Å²) in [4.78, 5) is 38.1. The number of hydrogen-bond acceptors (Lipinski definition) is 7. The summed E-state index contributed by atoms with van der Waals surface area (Å²) in [6.07, 6.45) is 6.60. The van der Waals surface area contributed by atoms with Crippen LogP contribution in [0.15, 0.2) is 51.6 Å². The molecular formula is C23H26N6O3S2. The number of benzene rings is 1. The summed E-state index contributed by atoms with van der Waals surface area (Å²) < 4.78 is 3.79. The molecule has 2 atom stereocenters. The topological polar surface area (TPSA) is 111 Å². The van der Waals surface area contributed by atoms with E-state index in [-0.39, 0.29) is 29.0 Å². The second-order valence-corrected chi connectivity index (χ2v) is 10.6. The highest BCUT2D eigenvalue weighted by molar-refractivity contribution is 8.02. The first-order valence-corrected chi connectivity index (χ1v) is 12.6. The fraction of sp³-hybridized carbons (Fsp3) is 0.348. The summed E-state index contributed by atoms with van der Waals surface area (Å²) in [5, 5.41) is 13.5. The van der Waals surface area contributed by atoms with Crippen LogP contribution in [0.5, 0.6) is 0 Å². The van der Waals surface area contributed by atoms with Gasteiger partial charge in [0.15, 0.2) is 4.34 Å². The molecule has 2 heterocycles. The Kier molecular flexibility index (Phi) is 7.32. The van der Waals surface area contributed by atoms with Gasteiger partial charge in [-0.3, -0.25) is 19.1 Å². The number of carbonyl (C=O) groups excluding carboxylic acids is 2. The molecule has 2 aromatic heterocycles. The lowest BCUT2D eigenvalue weighted by molar-refractivity contribution is -0.117. The Balaban J connectivity index is 1.38. The van der Waals surface area contributed by atoms with Crippen molar-refractivity contribution in [2.24, 2.45) is 13.0 Å². The summed E-state index contributed by atoms with van der Waals surface area (Å²) in [6, 6.07) is 9.25. The molecule has 0 fully saturated rings. The number of anilines is 2. The summed E-state index contributed by atoms with van der Waals surface area (Å²) in [5.74, 6) is -0.132. The quantitative estimate of drug-likeness (QED) is 0.278. The van der Waals surface area contributed by atoms with Gasteiger partial charge in [-0.1, -0.05) is 53.4 Å². The zero-order valence-electron chi connectivity index (χ0n) is 19.1. The summed E-state index contributed by atoms with van der Waals surface area (Å²) >= 11 is 2.45. The molecule has 0 saturated heterocycles. The van der Waals surface area contributed by atoms with Crippen LogP contribution in [0.25, 0.3) is 5.69 Å². The first-order valence-electron chi connectivity index (χ1n) is 10.9. The van der Waals surface area contributed by atoms with Crippen molar-refractivity contribution in [3.05, 3.63) is 58.5 Å². The van der Waals surface area contributed by atoms with Crippen molar-refractivity contribution in [3.63, 3.8) is 0 Å². The van der Waals surface area contributed by atoms with Crippen LogP contribution in [0.4, 0.5) is 10.8 Å². The number of allylic oxidation sites excluding steroid dienone is 2. The molecule has 2 amide bonds. The van der Waals surface area contributed by atoms with Crippen LogP contribution in [0.2, 0.25) is 0 Å². The summed E-state index contributed by atoms with van der Waals surface area (Å²) in [6.45, 7) is 3.52. The van der Waals surface area contributed by atoms with Crippen LogP contribution in [-0.2, 0) is 16.6 Å². The zero-order chi connectivity index (χ0) is 24.2. The lowest BCUT2D eigenvalue weighted by atomic mass is 10.1. The highest BCUT2D eigenvalue weighted by Crippen LogP contribution is 2.30. The smallest absolute Gasteiger partial charge is 0.295 e. The molecule has 4 rings (SSSR count). The van der Waals surface area contributed by atoms with Gasteiger partial charge in [-0.05, 0) is 44.7 Å². The first kappa shape index (κ1) is 24.0. The summed E-state index contributed by atoms with van der Waals surface area (Å²) in [5.41, 5.74) is 1.32. The van der Waals surface area contributed by atoms with Gasteiger partial charge in [-0.2, -0.15) is 0 Å². The Morgan fingerprint density at radius 3 is 2.71 bits per heavy atom. The van der Waals surface area contributed by atoms with Gasteiger partial charge >= 0.3 is 0 Å². The number of nitrogens with one attached hydrogen (secondary N) is 2. The van der Waals surface area contributed by atoms with Crippen LogP contribution in [0.3, 0.4) is 0 Å². The van der Waals surface area contributed by atoms with Gasteiger partial charge in [0.1, 0.15) is 5.69 Å². The van der Waals surface area contributed by atoms with E-state index in [9.17, 15) is 14.4 Å². The van der Waals surface area contributed by atoms with Crippen LogP contribution in [0.1, 0.15) is 31.9 Å². The Morgan fingerprint density at radius 1 is 1.24 bits per heavy atom.